The van der Waals surface area contributed by atoms with Crippen molar-refractivity contribution in [3.05, 3.63) is 17.7 Å². The Bertz CT molecular complexity index is 744. The fourth-order valence-corrected chi connectivity index (χ4v) is 3.51. The van der Waals surface area contributed by atoms with Gasteiger partial charge in [0, 0.05) is 25.3 Å². The van der Waals surface area contributed by atoms with Crippen molar-refractivity contribution in [1.29, 1.82) is 0 Å². The van der Waals surface area contributed by atoms with Crippen LogP contribution in [-0.2, 0) is 20.1 Å². The Morgan fingerprint density at radius 1 is 1.27 bits per heavy atom. The van der Waals surface area contributed by atoms with Gasteiger partial charge in [-0.3, -0.25) is 4.55 Å². The summed E-state index contributed by atoms with van der Waals surface area (Å²) < 4.78 is 57.2. The quantitative estimate of drug-likeness (QED) is 0.472. The minimum absolute atomic E-state index is 0.112. The van der Waals surface area contributed by atoms with Crippen LogP contribution in [0.2, 0.25) is 0 Å². The van der Waals surface area contributed by atoms with Crippen LogP contribution >= 0.6 is 0 Å². The molecule has 0 fully saturated rings. The first kappa shape index (κ1) is 18.7. The second kappa shape index (κ2) is 6.82. The average molecular weight is 351 g/mol. The van der Waals surface area contributed by atoms with Gasteiger partial charge in [0.05, 0.1) is 11.9 Å². The minimum Gasteiger partial charge on any atom is -0.398 e. The van der Waals surface area contributed by atoms with Crippen LogP contribution in [0.5, 0.6) is 0 Å². The summed E-state index contributed by atoms with van der Waals surface area (Å²) in [6.07, 6.45) is 1.04. The normalized spacial score (nSPS) is 12.4. The van der Waals surface area contributed by atoms with E-state index in [1.54, 1.807) is 17.9 Å². The molecule has 0 bridgehead atoms. The predicted molar refractivity (Wildman–Crippen MR) is 86.1 cm³/mol. The van der Waals surface area contributed by atoms with Crippen LogP contribution in [-0.4, -0.2) is 47.3 Å². The average Bonchev–Trinajstić information content (AvgIpc) is 2.35. The molecule has 10 heteroatoms. The van der Waals surface area contributed by atoms with Crippen molar-refractivity contribution in [2.75, 3.05) is 36.5 Å². The maximum atomic E-state index is 11.6. The SMILES string of the molecule is CCN(CCNS(C)(=O)=O)c1ccc(N)c(C)c1S(=O)(=O)O. The van der Waals surface area contributed by atoms with Crippen molar-refractivity contribution in [1.82, 2.24) is 4.72 Å². The smallest absolute Gasteiger partial charge is 0.296 e. The highest BCUT2D eigenvalue weighted by Crippen LogP contribution is 2.31. The van der Waals surface area contributed by atoms with E-state index < -0.39 is 20.1 Å². The zero-order valence-electron chi connectivity index (χ0n) is 12.7. The third-order valence-corrected chi connectivity index (χ3v) is 4.91. The highest BCUT2D eigenvalue weighted by molar-refractivity contribution is 7.88. The molecule has 0 aliphatic rings. The number of likely N-dealkylation sites (N-methyl/N-ethyl adjacent to an activating group) is 1. The van der Waals surface area contributed by atoms with Crippen LogP contribution < -0.4 is 15.4 Å². The molecule has 0 atom stereocenters. The number of nitrogens with one attached hydrogen (secondary N) is 1. The molecule has 0 aliphatic heterocycles. The van der Waals surface area contributed by atoms with Crippen LogP contribution in [0, 0.1) is 6.92 Å². The van der Waals surface area contributed by atoms with Gasteiger partial charge in [0.15, 0.2) is 0 Å². The zero-order chi connectivity index (χ0) is 17.1. The molecule has 0 saturated carbocycles. The second-order valence-corrected chi connectivity index (χ2v) is 8.04. The van der Waals surface area contributed by atoms with E-state index in [1.807, 2.05) is 0 Å². The maximum absolute atomic E-state index is 11.6. The fraction of sp³-hybridized carbons (Fsp3) is 0.500. The summed E-state index contributed by atoms with van der Waals surface area (Å²) in [5, 5.41) is 0. The number of hydrogen-bond donors (Lipinski definition) is 3. The molecule has 0 unspecified atom stereocenters. The largest absolute Gasteiger partial charge is 0.398 e. The van der Waals surface area contributed by atoms with Gasteiger partial charge in [-0.2, -0.15) is 8.42 Å². The molecule has 22 heavy (non-hydrogen) atoms. The van der Waals surface area contributed by atoms with Crippen molar-refractivity contribution in [3.63, 3.8) is 0 Å². The van der Waals surface area contributed by atoms with Crippen LogP contribution in [0.25, 0.3) is 0 Å². The lowest BCUT2D eigenvalue weighted by molar-refractivity contribution is 0.482. The number of rotatable bonds is 7. The summed E-state index contributed by atoms with van der Waals surface area (Å²) in [7, 11) is -7.78. The van der Waals surface area contributed by atoms with Gasteiger partial charge in [-0.05, 0) is 31.5 Å². The molecular formula is C12H21N3O5S2. The summed E-state index contributed by atoms with van der Waals surface area (Å²) in [4.78, 5) is 1.39. The lowest BCUT2D eigenvalue weighted by Gasteiger charge is -2.26. The topological polar surface area (TPSA) is 130 Å². The number of benzene rings is 1. The second-order valence-electron chi connectivity index (χ2n) is 4.85. The van der Waals surface area contributed by atoms with E-state index in [-0.39, 0.29) is 34.9 Å². The first-order chi connectivity index (χ1) is 9.97. The van der Waals surface area contributed by atoms with E-state index in [0.29, 0.717) is 6.54 Å². The molecule has 0 amide bonds. The van der Waals surface area contributed by atoms with E-state index in [2.05, 4.69) is 4.72 Å². The molecule has 0 heterocycles. The number of nitrogens with zero attached hydrogens (tertiary/aromatic N) is 1. The van der Waals surface area contributed by atoms with Crippen molar-refractivity contribution in [2.24, 2.45) is 0 Å². The Balaban J connectivity index is 3.20. The van der Waals surface area contributed by atoms with Crippen LogP contribution in [0.15, 0.2) is 17.0 Å². The summed E-state index contributed by atoms with van der Waals surface area (Å²) in [5.41, 5.74) is 6.49. The van der Waals surface area contributed by atoms with Gasteiger partial charge in [-0.1, -0.05) is 0 Å². The molecule has 1 aromatic rings. The van der Waals surface area contributed by atoms with Crippen LogP contribution in [0.1, 0.15) is 12.5 Å². The Hall–Kier alpha value is -1.36. The standard InChI is InChI=1S/C12H21N3O5S2/c1-4-15(8-7-14-21(3,16)17)11-6-5-10(13)9(2)12(11)22(18,19)20/h5-6,14H,4,7-8,13H2,1-3H3,(H,18,19,20). The van der Waals surface area contributed by atoms with Gasteiger partial charge in [-0.25, -0.2) is 13.1 Å². The lowest BCUT2D eigenvalue weighted by atomic mass is 10.1. The molecule has 0 aromatic heterocycles. The maximum Gasteiger partial charge on any atom is 0.296 e. The van der Waals surface area contributed by atoms with Gasteiger partial charge in [-0.15, -0.1) is 0 Å². The van der Waals surface area contributed by atoms with Crippen molar-refractivity contribution in [3.8, 4) is 0 Å². The molecule has 4 N–H and O–H groups in total. The third-order valence-electron chi connectivity index (χ3n) is 3.15. The predicted octanol–water partition coefficient (Wildman–Crippen LogP) is 0.199. The Morgan fingerprint density at radius 3 is 2.32 bits per heavy atom. The van der Waals surface area contributed by atoms with E-state index in [4.69, 9.17) is 5.73 Å². The van der Waals surface area contributed by atoms with E-state index >= 15 is 0 Å². The van der Waals surface area contributed by atoms with Crippen molar-refractivity contribution >= 4 is 31.5 Å². The third kappa shape index (κ3) is 4.83. The molecule has 0 spiro atoms. The summed E-state index contributed by atoms with van der Waals surface area (Å²) >= 11 is 0. The molecule has 0 aliphatic carbocycles. The minimum atomic E-state index is -4.46. The van der Waals surface area contributed by atoms with Crippen molar-refractivity contribution in [2.45, 2.75) is 18.7 Å². The molecule has 0 radical (unpaired) electrons. The highest BCUT2D eigenvalue weighted by Gasteiger charge is 2.23. The van der Waals surface area contributed by atoms with Gasteiger partial charge in [0.25, 0.3) is 10.1 Å². The summed E-state index contributed by atoms with van der Waals surface area (Å²) in [6, 6.07) is 3.04. The van der Waals surface area contributed by atoms with Gasteiger partial charge < -0.3 is 10.6 Å². The molecule has 1 rings (SSSR count). The number of nitrogens with two attached hydrogens (primary N) is 1. The molecule has 0 saturated heterocycles. The van der Waals surface area contributed by atoms with Gasteiger partial charge >= 0.3 is 0 Å². The first-order valence-electron chi connectivity index (χ1n) is 6.53. The molecular weight excluding hydrogens is 330 g/mol. The van der Waals surface area contributed by atoms with E-state index in [1.165, 1.54) is 13.0 Å². The molecule has 8 nitrogen and oxygen atoms in total. The number of anilines is 2. The van der Waals surface area contributed by atoms with Crippen LogP contribution in [0.4, 0.5) is 11.4 Å². The number of nitrogen functional groups attached to an aromatic ring is 1. The fourth-order valence-electron chi connectivity index (χ4n) is 2.08. The van der Waals surface area contributed by atoms with E-state index in [9.17, 15) is 21.4 Å². The Labute approximate surface area is 131 Å². The van der Waals surface area contributed by atoms with E-state index in [0.717, 1.165) is 6.26 Å². The summed E-state index contributed by atoms with van der Waals surface area (Å²) in [6.45, 7) is 4.08. The van der Waals surface area contributed by atoms with Gasteiger partial charge in [0.2, 0.25) is 10.0 Å². The monoisotopic (exact) mass is 351 g/mol. The molecule has 1 aromatic carbocycles. The first-order valence-corrected chi connectivity index (χ1v) is 9.86. The Kier molecular flexibility index (Phi) is 5.79. The number of sulfonamides is 1. The van der Waals surface area contributed by atoms with Crippen LogP contribution in [0.3, 0.4) is 0 Å². The van der Waals surface area contributed by atoms with Crippen molar-refractivity contribution < 1.29 is 21.4 Å². The lowest BCUT2D eigenvalue weighted by Crippen LogP contribution is -2.35. The molecule has 126 valence electrons. The van der Waals surface area contributed by atoms with Gasteiger partial charge in [0.1, 0.15) is 4.90 Å². The Morgan fingerprint density at radius 2 is 1.86 bits per heavy atom. The number of hydrogen-bond acceptors (Lipinski definition) is 6. The highest BCUT2D eigenvalue weighted by atomic mass is 32.2. The zero-order valence-corrected chi connectivity index (χ0v) is 14.3. The summed E-state index contributed by atoms with van der Waals surface area (Å²) in [5.74, 6) is 0.